The predicted molar refractivity (Wildman–Crippen MR) is 143 cm³/mol. The predicted octanol–water partition coefficient (Wildman–Crippen LogP) is 5.23. The van der Waals surface area contributed by atoms with Crippen LogP contribution < -0.4 is 10.1 Å². The van der Waals surface area contributed by atoms with Crippen LogP contribution in [0.2, 0.25) is 5.02 Å². The Balaban J connectivity index is 1.43. The van der Waals surface area contributed by atoms with Gasteiger partial charge in [-0.25, -0.2) is 9.97 Å². The van der Waals surface area contributed by atoms with E-state index < -0.39 is 6.29 Å². The van der Waals surface area contributed by atoms with E-state index in [2.05, 4.69) is 5.32 Å². The number of nitrogens with one attached hydrogen (secondary N) is 1. The third-order valence-electron chi connectivity index (χ3n) is 6.51. The topological polar surface area (TPSA) is 105 Å². The van der Waals surface area contributed by atoms with Crippen molar-refractivity contribution in [2.45, 2.75) is 44.4 Å². The second-order valence-electron chi connectivity index (χ2n) is 9.16. The van der Waals surface area contributed by atoms with Crippen molar-refractivity contribution in [2.24, 2.45) is 0 Å². The Morgan fingerprint density at radius 1 is 1.03 bits per heavy atom. The van der Waals surface area contributed by atoms with Gasteiger partial charge in [-0.15, -0.1) is 0 Å². The molecule has 4 aromatic rings. The second-order valence-corrected chi connectivity index (χ2v) is 9.59. The first kappa shape index (κ1) is 25.1. The van der Waals surface area contributed by atoms with E-state index in [-0.39, 0.29) is 11.9 Å². The number of ether oxygens (including phenoxy) is 1. The standard InChI is InChI=1S/C29H28ClN3O4/c30-20-12-9-18(10-13-20)28-24(6-2-4-8-27(34)35)31-25-17-19(11-14-23(25)32-28)29(36)33-22-15-16-37-26-7-3-1-5-21(22)26/h1,3,5,7,9-14,17,22,27,34-35H,2,4,6,8,15-16H2,(H,33,36). The van der Waals surface area contributed by atoms with Crippen molar-refractivity contribution in [1.82, 2.24) is 15.3 Å². The van der Waals surface area contributed by atoms with E-state index >= 15 is 0 Å². The first-order chi connectivity index (χ1) is 18.0. The second kappa shape index (κ2) is 11.3. The molecule has 1 aliphatic rings. The monoisotopic (exact) mass is 517 g/mol. The van der Waals surface area contributed by atoms with Crippen LogP contribution in [-0.2, 0) is 6.42 Å². The summed E-state index contributed by atoms with van der Waals surface area (Å²) in [6, 6.07) is 20.5. The maximum absolute atomic E-state index is 13.2. The lowest BCUT2D eigenvalue weighted by Gasteiger charge is -2.26. The molecule has 0 radical (unpaired) electrons. The van der Waals surface area contributed by atoms with E-state index in [0.717, 1.165) is 34.7 Å². The molecule has 1 aromatic heterocycles. The first-order valence-corrected chi connectivity index (χ1v) is 12.8. The van der Waals surface area contributed by atoms with Crippen LogP contribution in [0, 0.1) is 0 Å². The fraction of sp³-hybridized carbons (Fsp3) is 0.276. The number of amides is 1. The number of halogens is 1. The fourth-order valence-corrected chi connectivity index (χ4v) is 4.72. The summed E-state index contributed by atoms with van der Waals surface area (Å²) in [4.78, 5) is 23.0. The van der Waals surface area contributed by atoms with Crippen LogP contribution in [0.3, 0.4) is 0 Å². The molecule has 5 rings (SSSR count). The molecule has 1 unspecified atom stereocenters. The van der Waals surface area contributed by atoms with Gasteiger partial charge in [0, 0.05) is 28.1 Å². The fourth-order valence-electron chi connectivity index (χ4n) is 4.60. The lowest BCUT2D eigenvalue weighted by atomic mass is 10.00. The zero-order valence-corrected chi connectivity index (χ0v) is 21.0. The summed E-state index contributed by atoms with van der Waals surface area (Å²) in [6.07, 6.45) is 1.67. The molecular formula is C29H28ClN3O4. The van der Waals surface area contributed by atoms with Crippen LogP contribution in [0.25, 0.3) is 22.3 Å². The van der Waals surface area contributed by atoms with Crippen molar-refractivity contribution in [3.8, 4) is 17.0 Å². The zero-order chi connectivity index (χ0) is 25.8. The summed E-state index contributed by atoms with van der Waals surface area (Å²) in [5, 5.41) is 22.1. The molecule has 0 saturated heterocycles. The highest BCUT2D eigenvalue weighted by molar-refractivity contribution is 6.30. The molecule has 0 saturated carbocycles. The lowest BCUT2D eigenvalue weighted by Crippen LogP contribution is -2.32. The van der Waals surface area contributed by atoms with Gasteiger partial charge in [-0.2, -0.15) is 0 Å². The Labute approximate surface area is 220 Å². The Morgan fingerprint density at radius 2 is 1.84 bits per heavy atom. The van der Waals surface area contributed by atoms with E-state index in [9.17, 15) is 15.0 Å². The van der Waals surface area contributed by atoms with Crippen molar-refractivity contribution in [3.05, 3.63) is 88.6 Å². The van der Waals surface area contributed by atoms with Crippen molar-refractivity contribution >= 4 is 28.5 Å². The number of nitrogens with zero attached hydrogens (tertiary/aromatic N) is 2. The Bertz CT molecular complexity index is 1410. The number of hydrogen-bond donors (Lipinski definition) is 3. The Kier molecular flexibility index (Phi) is 7.65. The van der Waals surface area contributed by atoms with E-state index in [1.54, 1.807) is 12.1 Å². The molecule has 1 amide bonds. The van der Waals surface area contributed by atoms with Gasteiger partial charge in [0.2, 0.25) is 0 Å². The van der Waals surface area contributed by atoms with Crippen LogP contribution in [0.15, 0.2) is 66.7 Å². The van der Waals surface area contributed by atoms with Crippen LogP contribution in [-0.4, -0.2) is 39.0 Å². The number of carbonyl (C=O) groups is 1. The van der Waals surface area contributed by atoms with Crippen LogP contribution in [0.4, 0.5) is 0 Å². The number of para-hydroxylation sites is 1. The molecule has 7 nitrogen and oxygen atoms in total. The minimum absolute atomic E-state index is 0.121. The minimum Gasteiger partial charge on any atom is -0.493 e. The van der Waals surface area contributed by atoms with Gasteiger partial charge < -0.3 is 20.3 Å². The highest BCUT2D eigenvalue weighted by Gasteiger charge is 2.23. The van der Waals surface area contributed by atoms with Gasteiger partial charge in [0.25, 0.3) is 5.91 Å². The van der Waals surface area contributed by atoms with E-state index in [1.165, 1.54) is 0 Å². The quantitative estimate of drug-likeness (QED) is 0.218. The third kappa shape index (κ3) is 5.91. The van der Waals surface area contributed by atoms with Gasteiger partial charge in [0.15, 0.2) is 6.29 Å². The maximum atomic E-state index is 13.2. The van der Waals surface area contributed by atoms with Crippen molar-refractivity contribution in [2.75, 3.05) is 6.61 Å². The van der Waals surface area contributed by atoms with E-state index in [4.69, 9.17) is 26.3 Å². The molecular weight excluding hydrogens is 490 g/mol. The number of aryl methyl sites for hydroxylation is 1. The molecule has 0 bridgehead atoms. The van der Waals surface area contributed by atoms with Gasteiger partial charge in [0.05, 0.1) is 35.1 Å². The summed E-state index contributed by atoms with van der Waals surface area (Å²) >= 11 is 6.08. The van der Waals surface area contributed by atoms with Crippen LogP contribution in [0.1, 0.15) is 53.3 Å². The first-order valence-electron chi connectivity index (χ1n) is 12.4. The molecule has 0 aliphatic carbocycles. The number of benzene rings is 3. The third-order valence-corrected chi connectivity index (χ3v) is 6.76. The van der Waals surface area contributed by atoms with Crippen molar-refractivity contribution in [3.63, 3.8) is 0 Å². The molecule has 3 N–H and O–H groups in total. The Hall–Kier alpha value is -3.52. The van der Waals surface area contributed by atoms with Gasteiger partial charge in [0.1, 0.15) is 5.75 Å². The number of rotatable bonds is 8. The zero-order valence-electron chi connectivity index (χ0n) is 20.2. The number of carbonyl (C=O) groups excluding carboxylic acids is 1. The van der Waals surface area contributed by atoms with Gasteiger partial charge in [-0.1, -0.05) is 41.9 Å². The van der Waals surface area contributed by atoms with E-state index in [0.29, 0.717) is 53.9 Å². The van der Waals surface area contributed by atoms with Gasteiger partial charge >= 0.3 is 0 Å². The maximum Gasteiger partial charge on any atom is 0.251 e. The van der Waals surface area contributed by atoms with Gasteiger partial charge in [-0.3, -0.25) is 4.79 Å². The summed E-state index contributed by atoms with van der Waals surface area (Å²) in [7, 11) is 0. The van der Waals surface area contributed by atoms with Crippen LogP contribution in [0.5, 0.6) is 5.75 Å². The highest BCUT2D eigenvalue weighted by atomic mass is 35.5. The minimum atomic E-state index is -1.32. The van der Waals surface area contributed by atoms with Crippen molar-refractivity contribution in [1.29, 1.82) is 0 Å². The lowest BCUT2D eigenvalue weighted by molar-refractivity contribution is -0.0465. The molecule has 1 atom stereocenters. The van der Waals surface area contributed by atoms with Crippen molar-refractivity contribution < 1.29 is 19.7 Å². The summed E-state index contributed by atoms with van der Waals surface area (Å²) in [5.41, 5.74) is 5.26. The van der Waals surface area contributed by atoms with E-state index in [1.807, 2.05) is 54.6 Å². The normalized spacial score (nSPS) is 14.9. The average Bonchev–Trinajstić information content (AvgIpc) is 2.91. The molecule has 37 heavy (non-hydrogen) atoms. The number of unbranched alkanes of at least 4 members (excludes halogenated alkanes) is 1. The SMILES string of the molecule is O=C(NC1CCOc2ccccc21)c1ccc2nc(-c3ccc(Cl)cc3)c(CCCCC(O)O)nc2c1. The number of hydrogen-bond acceptors (Lipinski definition) is 6. The Morgan fingerprint density at radius 3 is 2.65 bits per heavy atom. The molecule has 3 aromatic carbocycles. The summed E-state index contributed by atoms with van der Waals surface area (Å²) < 4.78 is 5.71. The largest absolute Gasteiger partial charge is 0.493 e. The molecule has 1 aliphatic heterocycles. The molecule has 0 fully saturated rings. The summed E-state index contributed by atoms with van der Waals surface area (Å²) in [5.74, 6) is 0.627. The number of aliphatic hydroxyl groups is 2. The average molecular weight is 518 g/mol. The molecule has 8 heteroatoms. The van der Waals surface area contributed by atoms with Gasteiger partial charge in [-0.05, 0) is 62.1 Å². The smallest absolute Gasteiger partial charge is 0.251 e. The number of aliphatic hydroxyl groups excluding tert-OH is 1. The number of fused-ring (bicyclic) bond motifs is 2. The number of aromatic nitrogens is 2. The molecule has 0 spiro atoms. The summed E-state index contributed by atoms with van der Waals surface area (Å²) in [6.45, 7) is 0.551. The molecule has 2 heterocycles. The van der Waals surface area contributed by atoms with Crippen LogP contribution >= 0.6 is 11.6 Å². The molecule has 190 valence electrons. The highest BCUT2D eigenvalue weighted by Crippen LogP contribution is 2.32.